The SMILES string of the molecule is CC(C)(C(=O)NCCc1ccc(C(=O)O)cc1)C1CCCC1. The van der Waals surface area contributed by atoms with Gasteiger partial charge in [0, 0.05) is 12.0 Å². The largest absolute Gasteiger partial charge is 0.478 e. The molecule has 2 N–H and O–H groups in total. The van der Waals surface area contributed by atoms with Gasteiger partial charge in [-0.2, -0.15) is 0 Å². The number of nitrogens with one attached hydrogen (secondary N) is 1. The first-order valence-corrected chi connectivity index (χ1v) is 8.02. The molecule has 1 aliphatic rings. The molecule has 1 saturated carbocycles. The highest BCUT2D eigenvalue weighted by molar-refractivity contribution is 5.87. The highest BCUT2D eigenvalue weighted by Crippen LogP contribution is 2.39. The smallest absolute Gasteiger partial charge is 0.335 e. The number of carbonyl (C=O) groups excluding carboxylic acids is 1. The number of carboxylic acids is 1. The van der Waals surface area contributed by atoms with Gasteiger partial charge >= 0.3 is 5.97 Å². The summed E-state index contributed by atoms with van der Waals surface area (Å²) in [5.74, 6) is -0.304. The van der Waals surface area contributed by atoms with E-state index in [1.165, 1.54) is 12.8 Å². The van der Waals surface area contributed by atoms with Gasteiger partial charge in [-0.05, 0) is 42.9 Å². The summed E-state index contributed by atoms with van der Waals surface area (Å²) >= 11 is 0. The lowest BCUT2D eigenvalue weighted by molar-refractivity contribution is -0.132. The topological polar surface area (TPSA) is 66.4 Å². The van der Waals surface area contributed by atoms with Crippen LogP contribution in [0.5, 0.6) is 0 Å². The molecule has 22 heavy (non-hydrogen) atoms. The van der Waals surface area contributed by atoms with E-state index in [-0.39, 0.29) is 16.9 Å². The molecule has 1 amide bonds. The summed E-state index contributed by atoms with van der Waals surface area (Å²) in [6, 6.07) is 6.80. The van der Waals surface area contributed by atoms with Gasteiger partial charge in [-0.1, -0.05) is 38.8 Å². The lowest BCUT2D eigenvalue weighted by Gasteiger charge is -2.30. The van der Waals surface area contributed by atoms with Crippen LogP contribution in [0.1, 0.15) is 55.5 Å². The van der Waals surface area contributed by atoms with E-state index in [9.17, 15) is 9.59 Å². The third-order valence-corrected chi connectivity index (χ3v) is 4.86. The lowest BCUT2D eigenvalue weighted by atomic mass is 9.77. The predicted octanol–water partition coefficient (Wildman–Crippen LogP) is 3.26. The molecule has 120 valence electrons. The fraction of sp³-hybridized carbons (Fsp3) is 0.556. The Kier molecular flexibility index (Phi) is 5.22. The van der Waals surface area contributed by atoms with Crippen LogP contribution in [0.3, 0.4) is 0 Å². The summed E-state index contributed by atoms with van der Waals surface area (Å²) < 4.78 is 0. The zero-order chi connectivity index (χ0) is 16.2. The Bertz CT molecular complexity index is 528. The molecule has 1 aromatic carbocycles. The fourth-order valence-electron chi connectivity index (χ4n) is 3.20. The Morgan fingerprint density at radius 3 is 2.32 bits per heavy atom. The van der Waals surface area contributed by atoms with Gasteiger partial charge in [0.25, 0.3) is 0 Å². The minimum atomic E-state index is -0.918. The lowest BCUT2D eigenvalue weighted by Crippen LogP contribution is -2.41. The summed E-state index contributed by atoms with van der Waals surface area (Å²) in [6.45, 7) is 4.67. The van der Waals surface area contributed by atoms with E-state index in [0.29, 0.717) is 18.9 Å². The summed E-state index contributed by atoms with van der Waals surface area (Å²) in [5, 5.41) is 11.9. The molecule has 0 spiro atoms. The van der Waals surface area contributed by atoms with E-state index in [4.69, 9.17) is 5.11 Å². The molecule has 0 heterocycles. The first-order valence-electron chi connectivity index (χ1n) is 8.02. The molecule has 0 radical (unpaired) electrons. The van der Waals surface area contributed by atoms with Crippen LogP contribution in [0, 0.1) is 11.3 Å². The second-order valence-corrected chi connectivity index (χ2v) is 6.71. The molecule has 0 atom stereocenters. The van der Waals surface area contributed by atoms with Gasteiger partial charge in [0.15, 0.2) is 0 Å². The number of amides is 1. The number of carboxylic acid groups (broad SMARTS) is 1. The number of benzene rings is 1. The molecule has 1 fully saturated rings. The molecule has 1 aromatic rings. The summed E-state index contributed by atoms with van der Waals surface area (Å²) in [5.41, 5.74) is 1.02. The predicted molar refractivity (Wildman–Crippen MR) is 85.9 cm³/mol. The number of hydrogen-bond donors (Lipinski definition) is 2. The second-order valence-electron chi connectivity index (χ2n) is 6.71. The molecule has 0 aromatic heterocycles. The molecule has 4 nitrogen and oxygen atoms in total. The Morgan fingerprint density at radius 1 is 1.18 bits per heavy atom. The van der Waals surface area contributed by atoms with Gasteiger partial charge in [-0.3, -0.25) is 4.79 Å². The molecule has 0 unspecified atom stereocenters. The Morgan fingerprint density at radius 2 is 1.77 bits per heavy atom. The van der Waals surface area contributed by atoms with Crippen molar-refractivity contribution in [2.24, 2.45) is 11.3 Å². The van der Waals surface area contributed by atoms with Gasteiger partial charge in [-0.25, -0.2) is 4.79 Å². The number of aromatic carboxylic acids is 1. The van der Waals surface area contributed by atoms with Crippen LogP contribution >= 0.6 is 0 Å². The van der Waals surface area contributed by atoms with E-state index >= 15 is 0 Å². The highest BCUT2D eigenvalue weighted by Gasteiger charge is 2.37. The molecule has 1 aliphatic carbocycles. The molecule has 2 rings (SSSR count). The monoisotopic (exact) mass is 303 g/mol. The van der Waals surface area contributed by atoms with Crippen molar-refractivity contribution in [2.75, 3.05) is 6.54 Å². The summed E-state index contributed by atoms with van der Waals surface area (Å²) in [7, 11) is 0. The third kappa shape index (κ3) is 3.87. The van der Waals surface area contributed by atoms with E-state index in [0.717, 1.165) is 18.4 Å². The zero-order valence-corrected chi connectivity index (χ0v) is 13.4. The number of carbonyl (C=O) groups is 2. The Balaban J connectivity index is 1.82. The van der Waals surface area contributed by atoms with E-state index in [2.05, 4.69) is 5.32 Å². The minimum absolute atomic E-state index is 0.126. The molecular formula is C18H25NO3. The minimum Gasteiger partial charge on any atom is -0.478 e. The van der Waals surface area contributed by atoms with Gasteiger partial charge in [0.1, 0.15) is 0 Å². The summed E-state index contributed by atoms with van der Waals surface area (Å²) in [4.78, 5) is 23.2. The van der Waals surface area contributed by atoms with Crippen LogP contribution in [0.15, 0.2) is 24.3 Å². The highest BCUT2D eigenvalue weighted by atomic mass is 16.4. The van der Waals surface area contributed by atoms with Crippen LogP contribution in [-0.2, 0) is 11.2 Å². The molecular weight excluding hydrogens is 278 g/mol. The summed E-state index contributed by atoms with van der Waals surface area (Å²) in [6.07, 6.45) is 5.48. The van der Waals surface area contributed by atoms with Crippen molar-refractivity contribution >= 4 is 11.9 Å². The van der Waals surface area contributed by atoms with E-state index < -0.39 is 5.97 Å². The molecule has 0 saturated heterocycles. The molecule has 4 heteroatoms. The van der Waals surface area contributed by atoms with Crippen molar-refractivity contribution in [3.63, 3.8) is 0 Å². The average Bonchev–Trinajstić information content (AvgIpc) is 3.02. The van der Waals surface area contributed by atoms with Gasteiger partial charge in [0.05, 0.1) is 5.56 Å². The fourth-order valence-corrected chi connectivity index (χ4v) is 3.20. The van der Waals surface area contributed by atoms with Crippen molar-refractivity contribution in [3.8, 4) is 0 Å². The average molecular weight is 303 g/mol. The first kappa shape index (κ1) is 16.5. The van der Waals surface area contributed by atoms with Crippen molar-refractivity contribution in [2.45, 2.75) is 46.0 Å². The van der Waals surface area contributed by atoms with Gasteiger partial charge in [-0.15, -0.1) is 0 Å². The quantitative estimate of drug-likeness (QED) is 0.847. The normalized spacial score (nSPS) is 15.7. The maximum atomic E-state index is 12.4. The van der Waals surface area contributed by atoms with Crippen LogP contribution < -0.4 is 5.32 Å². The standard InChI is InChI=1S/C18H25NO3/c1-18(2,15-5-3-4-6-15)17(22)19-12-11-13-7-9-14(10-8-13)16(20)21/h7-10,15H,3-6,11-12H2,1-2H3,(H,19,22)(H,20,21). The van der Waals surface area contributed by atoms with Crippen molar-refractivity contribution in [3.05, 3.63) is 35.4 Å². The van der Waals surface area contributed by atoms with Gasteiger partial charge in [0.2, 0.25) is 5.91 Å². The van der Waals surface area contributed by atoms with E-state index in [1.807, 2.05) is 13.8 Å². The van der Waals surface area contributed by atoms with Crippen molar-refractivity contribution in [1.82, 2.24) is 5.32 Å². The van der Waals surface area contributed by atoms with Crippen molar-refractivity contribution in [1.29, 1.82) is 0 Å². The van der Waals surface area contributed by atoms with Crippen LogP contribution in [0.2, 0.25) is 0 Å². The van der Waals surface area contributed by atoms with Gasteiger partial charge < -0.3 is 10.4 Å². The van der Waals surface area contributed by atoms with Crippen LogP contribution in [0.25, 0.3) is 0 Å². The number of hydrogen-bond acceptors (Lipinski definition) is 2. The maximum absolute atomic E-state index is 12.4. The second kappa shape index (κ2) is 6.95. The molecule has 0 aliphatic heterocycles. The first-order chi connectivity index (χ1) is 10.4. The Hall–Kier alpha value is -1.84. The maximum Gasteiger partial charge on any atom is 0.335 e. The van der Waals surface area contributed by atoms with E-state index in [1.54, 1.807) is 24.3 Å². The van der Waals surface area contributed by atoms with Crippen molar-refractivity contribution < 1.29 is 14.7 Å². The van der Waals surface area contributed by atoms with Crippen LogP contribution in [0.4, 0.5) is 0 Å². The third-order valence-electron chi connectivity index (χ3n) is 4.86. The Labute approximate surface area is 131 Å². The van der Waals surface area contributed by atoms with Crippen LogP contribution in [-0.4, -0.2) is 23.5 Å². The zero-order valence-electron chi connectivity index (χ0n) is 13.4. The number of rotatable bonds is 6. The molecule has 0 bridgehead atoms.